The Hall–Kier alpha value is -1.47. The minimum atomic E-state index is -0.764. The molecule has 2 rings (SSSR count). The van der Waals surface area contributed by atoms with Crippen LogP contribution in [-0.4, -0.2) is 34.0 Å². The standard InChI is InChI=1S/C16H20ClN3O2S/c1-10-15(23-9-20-10)12-4-2-11(3-5-12)8-19-16(22)14(18)6-13(21)7-17/h2-5,9,13-14,21H,6-8,18H2,1H3,(H,19,22)/t13-,14+/m1/s1. The van der Waals surface area contributed by atoms with Gasteiger partial charge in [0.15, 0.2) is 0 Å². The number of carbonyl (C=O) groups excluding carboxylic acids is 1. The molecule has 124 valence electrons. The lowest BCUT2D eigenvalue weighted by Crippen LogP contribution is -2.42. The number of aliphatic hydroxyl groups is 1. The zero-order valence-electron chi connectivity index (χ0n) is 12.8. The number of benzene rings is 1. The lowest BCUT2D eigenvalue weighted by molar-refractivity contribution is -0.123. The maximum atomic E-state index is 11.9. The highest BCUT2D eigenvalue weighted by molar-refractivity contribution is 7.13. The van der Waals surface area contributed by atoms with Gasteiger partial charge in [-0.25, -0.2) is 4.98 Å². The highest BCUT2D eigenvalue weighted by Gasteiger charge is 2.17. The summed E-state index contributed by atoms with van der Waals surface area (Å²) in [4.78, 5) is 17.3. The second-order valence-electron chi connectivity index (χ2n) is 5.33. The molecule has 0 bridgehead atoms. The van der Waals surface area contributed by atoms with Gasteiger partial charge in [0, 0.05) is 12.4 Å². The lowest BCUT2D eigenvalue weighted by Gasteiger charge is -2.14. The van der Waals surface area contributed by atoms with E-state index in [-0.39, 0.29) is 18.2 Å². The second-order valence-corrected chi connectivity index (χ2v) is 6.50. The van der Waals surface area contributed by atoms with Crippen LogP contribution in [0.1, 0.15) is 17.7 Å². The Balaban J connectivity index is 1.89. The highest BCUT2D eigenvalue weighted by Crippen LogP contribution is 2.27. The van der Waals surface area contributed by atoms with Crippen molar-refractivity contribution in [3.05, 3.63) is 41.0 Å². The van der Waals surface area contributed by atoms with Gasteiger partial charge in [0.1, 0.15) is 0 Å². The molecular weight excluding hydrogens is 334 g/mol. The van der Waals surface area contributed by atoms with Crippen LogP contribution >= 0.6 is 22.9 Å². The van der Waals surface area contributed by atoms with E-state index >= 15 is 0 Å². The Bertz CT molecular complexity index is 645. The van der Waals surface area contributed by atoms with E-state index < -0.39 is 12.1 Å². The molecule has 1 aromatic heterocycles. The molecule has 0 radical (unpaired) electrons. The van der Waals surface area contributed by atoms with Crippen LogP contribution in [0.4, 0.5) is 0 Å². The maximum Gasteiger partial charge on any atom is 0.237 e. The summed E-state index contributed by atoms with van der Waals surface area (Å²) in [5.74, 6) is -0.226. The number of hydrogen-bond acceptors (Lipinski definition) is 5. The van der Waals surface area contributed by atoms with Crippen LogP contribution in [0.2, 0.25) is 0 Å². The molecule has 0 aliphatic carbocycles. The van der Waals surface area contributed by atoms with Crippen LogP contribution in [-0.2, 0) is 11.3 Å². The van der Waals surface area contributed by atoms with Crippen LogP contribution in [0, 0.1) is 6.92 Å². The van der Waals surface area contributed by atoms with Gasteiger partial charge in [-0.3, -0.25) is 4.79 Å². The number of thiazole rings is 1. The fourth-order valence-electron chi connectivity index (χ4n) is 2.14. The summed E-state index contributed by atoms with van der Waals surface area (Å²) in [6.45, 7) is 2.38. The van der Waals surface area contributed by atoms with E-state index in [9.17, 15) is 9.90 Å². The molecule has 2 atom stereocenters. The van der Waals surface area contributed by atoms with Gasteiger partial charge in [0.05, 0.1) is 28.2 Å². The predicted molar refractivity (Wildman–Crippen MR) is 93.5 cm³/mol. The average molecular weight is 354 g/mol. The molecule has 7 heteroatoms. The third kappa shape index (κ3) is 5.00. The number of nitrogens with zero attached hydrogens (tertiary/aromatic N) is 1. The first-order chi connectivity index (χ1) is 11.0. The van der Waals surface area contributed by atoms with E-state index in [1.54, 1.807) is 11.3 Å². The van der Waals surface area contributed by atoms with Crippen molar-refractivity contribution in [1.82, 2.24) is 10.3 Å². The van der Waals surface area contributed by atoms with Gasteiger partial charge in [0.25, 0.3) is 0 Å². The van der Waals surface area contributed by atoms with Crippen molar-refractivity contribution < 1.29 is 9.90 Å². The summed E-state index contributed by atoms with van der Waals surface area (Å²) >= 11 is 7.11. The third-order valence-electron chi connectivity index (χ3n) is 3.47. The number of nitrogens with two attached hydrogens (primary N) is 1. The van der Waals surface area contributed by atoms with Crippen molar-refractivity contribution >= 4 is 28.8 Å². The first-order valence-corrected chi connectivity index (χ1v) is 8.69. The molecule has 0 aliphatic rings. The van der Waals surface area contributed by atoms with Crippen LogP contribution in [0.25, 0.3) is 10.4 Å². The molecule has 0 aliphatic heterocycles. The fourth-order valence-corrected chi connectivity index (χ4v) is 3.07. The molecule has 0 saturated heterocycles. The number of aromatic nitrogens is 1. The van der Waals surface area contributed by atoms with Crippen LogP contribution in [0.15, 0.2) is 29.8 Å². The minimum Gasteiger partial charge on any atom is -0.392 e. The molecule has 1 amide bonds. The summed E-state index contributed by atoms with van der Waals surface area (Å²) in [7, 11) is 0. The Morgan fingerprint density at radius 3 is 2.70 bits per heavy atom. The molecule has 5 nitrogen and oxygen atoms in total. The number of carbonyl (C=O) groups is 1. The first kappa shape index (κ1) is 17.9. The molecular formula is C16H20ClN3O2S. The van der Waals surface area contributed by atoms with E-state index in [0.717, 1.165) is 21.7 Å². The predicted octanol–water partition coefficient (Wildman–Crippen LogP) is 2.05. The summed E-state index contributed by atoms with van der Waals surface area (Å²) in [6.07, 6.45) is -0.613. The Kier molecular flexibility index (Phi) is 6.53. The average Bonchev–Trinajstić information content (AvgIpc) is 2.98. The zero-order chi connectivity index (χ0) is 16.8. The van der Waals surface area contributed by atoms with Crippen molar-refractivity contribution in [2.75, 3.05) is 5.88 Å². The molecule has 0 saturated carbocycles. The second kappa shape index (κ2) is 8.40. The number of hydrogen-bond donors (Lipinski definition) is 3. The van der Waals surface area contributed by atoms with Crippen LogP contribution in [0.3, 0.4) is 0 Å². The van der Waals surface area contributed by atoms with E-state index in [4.69, 9.17) is 17.3 Å². The highest BCUT2D eigenvalue weighted by atomic mass is 35.5. The number of halogens is 1. The minimum absolute atomic E-state index is 0.0689. The van der Waals surface area contributed by atoms with Crippen molar-refractivity contribution in [2.24, 2.45) is 5.73 Å². The molecule has 1 heterocycles. The van der Waals surface area contributed by atoms with E-state index in [1.807, 2.05) is 36.7 Å². The van der Waals surface area contributed by atoms with E-state index in [2.05, 4.69) is 10.3 Å². The normalized spacial score (nSPS) is 13.6. The molecule has 0 unspecified atom stereocenters. The Labute approximate surface area is 144 Å². The number of amides is 1. The number of rotatable bonds is 7. The van der Waals surface area contributed by atoms with Gasteiger partial charge < -0.3 is 16.2 Å². The number of alkyl halides is 1. The number of nitrogens with one attached hydrogen (secondary N) is 1. The van der Waals surface area contributed by atoms with Gasteiger partial charge in [-0.05, 0) is 24.5 Å². The molecule has 23 heavy (non-hydrogen) atoms. The van der Waals surface area contributed by atoms with Crippen molar-refractivity contribution in [3.8, 4) is 10.4 Å². The molecule has 1 aromatic carbocycles. The van der Waals surface area contributed by atoms with Gasteiger partial charge >= 0.3 is 0 Å². The number of aliphatic hydroxyl groups excluding tert-OH is 1. The summed E-state index contributed by atoms with van der Waals surface area (Å²) in [6, 6.07) is 7.20. The summed E-state index contributed by atoms with van der Waals surface area (Å²) in [5.41, 5.74) is 10.7. The van der Waals surface area contributed by atoms with Crippen LogP contribution in [0.5, 0.6) is 0 Å². The SMILES string of the molecule is Cc1ncsc1-c1ccc(CNC(=O)[C@@H](N)C[C@@H](O)CCl)cc1. The number of aryl methyl sites for hydroxylation is 1. The zero-order valence-corrected chi connectivity index (χ0v) is 14.4. The van der Waals surface area contributed by atoms with E-state index in [1.165, 1.54) is 0 Å². The quantitative estimate of drug-likeness (QED) is 0.665. The summed E-state index contributed by atoms with van der Waals surface area (Å²) < 4.78 is 0. The van der Waals surface area contributed by atoms with Crippen molar-refractivity contribution in [1.29, 1.82) is 0 Å². The summed E-state index contributed by atoms with van der Waals surface area (Å²) in [5, 5.41) is 12.2. The molecule has 2 aromatic rings. The maximum absolute atomic E-state index is 11.9. The largest absolute Gasteiger partial charge is 0.392 e. The van der Waals surface area contributed by atoms with E-state index in [0.29, 0.717) is 6.54 Å². The molecule has 0 fully saturated rings. The molecule has 0 spiro atoms. The third-order valence-corrected chi connectivity index (χ3v) is 4.80. The van der Waals surface area contributed by atoms with Gasteiger partial charge in [-0.15, -0.1) is 22.9 Å². The smallest absolute Gasteiger partial charge is 0.237 e. The van der Waals surface area contributed by atoms with Crippen molar-refractivity contribution in [3.63, 3.8) is 0 Å². The van der Waals surface area contributed by atoms with Gasteiger partial charge in [-0.1, -0.05) is 24.3 Å². The Morgan fingerprint density at radius 2 is 2.13 bits per heavy atom. The van der Waals surface area contributed by atoms with Crippen LogP contribution < -0.4 is 11.1 Å². The fraction of sp³-hybridized carbons (Fsp3) is 0.375. The van der Waals surface area contributed by atoms with Gasteiger partial charge in [0.2, 0.25) is 5.91 Å². The lowest BCUT2D eigenvalue weighted by atomic mass is 10.1. The molecule has 4 N–H and O–H groups in total. The monoisotopic (exact) mass is 353 g/mol. The first-order valence-electron chi connectivity index (χ1n) is 7.28. The van der Waals surface area contributed by atoms with Crippen molar-refractivity contribution in [2.45, 2.75) is 32.0 Å². The van der Waals surface area contributed by atoms with Gasteiger partial charge in [-0.2, -0.15) is 0 Å². The Morgan fingerprint density at radius 1 is 1.43 bits per heavy atom. The topological polar surface area (TPSA) is 88.2 Å².